The summed E-state index contributed by atoms with van der Waals surface area (Å²) in [6, 6.07) is 4.62. The van der Waals surface area contributed by atoms with Crippen molar-refractivity contribution >= 4 is 33.3 Å². The summed E-state index contributed by atoms with van der Waals surface area (Å²) in [5.74, 6) is 1.01. The molecule has 2 aromatic heterocycles. The second-order valence-electron chi connectivity index (χ2n) is 9.18. The number of hydrogen-bond donors (Lipinski definition) is 1. The number of anilines is 1. The highest BCUT2D eigenvalue weighted by Crippen LogP contribution is 2.48. The Morgan fingerprint density at radius 3 is 2.45 bits per heavy atom. The lowest BCUT2D eigenvalue weighted by molar-refractivity contribution is -0.107. The lowest BCUT2D eigenvalue weighted by Gasteiger charge is -2.38. The molecule has 29 heavy (non-hydrogen) atoms. The van der Waals surface area contributed by atoms with Crippen LogP contribution in [0.25, 0.3) is 11.0 Å². The molecule has 2 aliphatic heterocycles. The maximum absolute atomic E-state index is 13.0. The summed E-state index contributed by atoms with van der Waals surface area (Å²) in [6.45, 7) is 0. The lowest BCUT2D eigenvalue weighted by atomic mass is 9.85. The van der Waals surface area contributed by atoms with Gasteiger partial charge < -0.3 is 4.98 Å². The van der Waals surface area contributed by atoms with Crippen molar-refractivity contribution in [2.24, 2.45) is 0 Å². The largest absolute Gasteiger partial charge is 0.346 e. The van der Waals surface area contributed by atoms with Crippen molar-refractivity contribution in [1.82, 2.24) is 14.3 Å². The van der Waals surface area contributed by atoms with Gasteiger partial charge in [0, 0.05) is 29.7 Å². The van der Waals surface area contributed by atoms with Gasteiger partial charge in [0.15, 0.2) is 0 Å². The van der Waals surface area contributed by atoms with Crippen molar-refractivity contribution in [3.05, 3.63) is 23.9 Å². The molecule has 2 saturated heterocycles. The summed E-state index contributed by atoms with van der Waals surface area (Å²) in [5.41, 5.74) is 2.02. The van der Waals surface area contributed by atoms with E-state index in [1.807, 2.05) is 10.5 Å². The Morgan fingerprint density at radius 2 is 1.83 bits per heavy atom. The molecule has 4 fully saturated rings. The van der Waals surface area contributed by atoms with Crippen LogP contribution in [0.5, 0.6) is 0 Å². The summed E-state index contributed by atoms with van der Waals surface area (Å²) in [4.78, 5) is 21.4. The first kappa shape index (κ1) is 17.9. The number of fused-ring (bicyclic) bond motifs is 3. The molecule has 0 radical (unpaired) electrons. The van der Waals surface area contributed by atoms with Crippen LogP contribution in [-0.2, 0) is 14.8 Å². The second kappa shape index (κ2) is 6.28. The standard InChI is InChI=1S/C21H26N4O3S/c26-12-24(14-1-2-14)20-11-19(18-7-8-22-21(18)23-20)13-9-15-3-4-16(10-13)25(15)29(27,28)17-5-6-17/h7-8,11-17H,1-6,9-10H2,(H,22,23). The van der Waals surface area contributed by atoms with Gasteiger partial charge in [-0.15, -0.1) is 0 Å². The zero-order valence-corrected chi connectivity index (χ0v) is 17.1. The molecule has 0 spiro atoms. The van der Waals surface area contributed by atoms with Gasteiger partial charge >= 0.3 is 0 Å². The molecule has 154 valence electrons. The number of nitrogens with one attached hydrogen (secondary N) is 1. The molecule has 1 amide bonds. The fourth-order valence-electron chi connectivity index (χ4n) is 5.54. The predicted octanol–water partition coefficient (Wildman–Crippen LogP) is 2.89. The molecule has 2 unspecified atom stereocenters. The Balaban J connectivity index is 1.36. The number of H-pyrrole nitrogens is 1. The SMILES string of the molecule is O=CN(c1cc(C2CC3CCC(C2)N3S(=O)(=O)C2CC2)c2cc[nH]c2n1)C1CC1. The van der Waals surface area contributed by atoms with E-state index in [1.54, 1.807) is 4.90 Å². The molecule has 8 heteroatoms. The van der Waals surface area contributed by atoms with E-state index in [4.69, 9.17) is 4.98 Å². The Hall–Kier alpha value is -1.93. The van der Waals surface area contributed by atoms with E-state index in [-0.39, 0.29) is 23.4 Å². The van der Waals surface area contributed by atoms with Crippen LogP contribution in [0.15, 0.2) is 18.3 Å². The van der Waals surface area contributed by atoms with Crippen molar-refractivity contribution < 1.29 is 13.2 Å². The summed E-state index contributed by atoms with van der Waals surface area (Å²) >= 11 is 0. The Labute approximate surface area is 170 Å². The summed E-state index contributed by atoms with van der Waals surface area (Å²) in [6.07, 6.45) is 10.1. The van der Waals surface area contributed by atoms with Gasteiger partial charge in [0.25, 0.3) is 0 Å². The van der Waals surface area contributed by atoms with Gasteiger partial charge in [-0.3, -0.25) is 9.69 Å². The van der Waals surface area contributed by atoms with Crippen LogP contribution in [0.4, 0.5) is 5.82 Å². The number of carbonyl (C=O) groups is 1. The van der Waals surface area contributed by atoms with Gasteiger partial charge in [-0.2, -0.15) is 4.31 Å². The van der Waals surface area contributed by atoms with Crippen molar-refractivity contribution in [3.8, 4) is 0 Å². The third-order valence-electron chi connectivity index (χ3n) is 7.21. The van der Waals surface area contributed by atoms with Gasteiger partial charge in [-0.05, 0) is 75.0 Å². The van der Waals surface area contributed by atoms with Crippen LogP contribution < -0.4 is 4.90 Å². The first-order valence-corrected chi connectivity index (χ1v) is 12.3. The van der Waals surface area contributed by atoms with E-state index < -0.39 is 10.0 Å². The molecule has 2 aliphatic carbocycles. The molecule has 4 heterocycles. The zero-order chi connectivity index (χ0) is 19.8. The average Bonchev–Trinajstić information content (AvgIpc) is 3.63. The third-order valence-corrected chi connectivity index (χ3v) is 9.71. The molecule has 4 aliphatic rings. The van der Waals surface area contributed by atoms with E-state index >= 15 is 0 Å². The first-order chi connectivity index (χ1) is 14.1. The van der Waals surface area contributed by atoms with Gasteiger partial charge in [0.05, 0.1) is 5.25 Å². The monoisotopic (exact) mass is 414 g/mol. The van der Waals surface area contributed by atoms with Crippen molar-refractivity contribution in [2.75, 3.05) is 4.90 Å². The summed E-state index contributed by atoms with van der Waals surface area (Å²) in [5, 5.41) is 0.962. The van der Waals surface area contributed by atoms with E-state index in [0.29, 0.717) is 11.7 Å². The van der Waals surface area contributed by atoms with Crippen LogP contribution >= 0.6 is 0 Å². The average molecular weight is 415 g/mol. The molecular formula is C21H26N4O3S. The van der Waals surface area contributed by atoms with Gasteiger partial charge in [0.2, 0.25) is 16.4 Å². The minimum Gasteiger partial charge on any atom is -0.346 e. The Bertz CT molecular complexity index is 1060. The third kappa shape index (κ3) is 2.83. The van der Waals surface area contributed by atoms with Crippen LogP contribution in [-0.4, -0.2) is 52.5 Å². The van der Waals surface area contributed by atoms with E-state index in [1.165, 1.54) is 5.56 Å². The molecule has 2 saturated carbocycles. The van der Waals surface area contributed by atoms with Gasteiger partial charge in [0.1, 0.15) is 11.5 Å². The second-order valence-corrected chi connectivity index (χ2v) is 11.3. The molecule has 7 nitrogen and oxygen atoms in total. The highest BCUT2D eigenvalue weighted by molar-refractivity contribution is 7.90. The molecular weight excluding hydrogens is 388 g/mol. The highest BCUT2D eigenvalue weighted by atomic mass is 32.2. The molecule has 1 N–H and O–H groups in total. The number of piperidine rings is 1. The molecule has 0 aromatic carbocycles. The number of sulfonamides is 1. The normalized spacial score (nSPS) is 30.0. The first-order valence-electron chi connectivity index (χ1n) is 10.8. The van der Waals surface area contributed by atoms with Crippen LogP contribution in [0, 0.1) is 0 Å². The summed E-state index contributed by atoms with van der Waals surface area (Å²) < 4.78 is 27.8. The number of nitrogens with zero attached hydrogens (tertiary/aromatic N) is 3. The quantitative estimate of drug-likeness (QED) is 0.737. The number of amides is 1. The predicted molar refractivity (Wildman–Crippen MR) is 110 cm³/mol. The number of hydrogen-bond acceptors (Lipinski definition) is 4. The summed E-state index contributed by atoms with van der Waals surface area (Å²) in [7, 11) is -3.13. The van der Waals surface area contributed by atoms with Gasteiger partial charge in [-0.1, -0.05) is 0 Å². The van der Waals surface area contributed by atoms with Crippen molar-refractivity contribution in [3.63, 3.8) is 0 Å². The van der Waals surface area contributed by atoms with Gasteiger partial charge in [-0.25, -0.2) is 13.4 Å². The van der Waals surface area contributed by atoms with Crippen molar-refractivity contribution in [1.29, 1.82) is 0 Å². The van der Waals surface area contributed by atoms with E-state index in [9.17, 15) is 13.2 Å². The molecule has 2 aromatic rings. The van der Waals surface area contributed by atoms with E-state index in [2.05, 4.69) is 17.1 Å². The number of aromatic amines is 1. The molecule has 6 rings (SSSR count). The fourth-order valence-corrected chi connectivity index (χ4v) is 7.83. The van der Waals surface area contributed by atoms with Crippen LogP contribution in [0.1, 0.15) is 62.8 Å². The Morgan fingerprint density at radius 1 is 1.10 bits per heavy atom. The lowest BCUT2D eigenvalue weighted by Crippen LogP contribution is -2.47. The van der Waals surface area contributed by atoms with E-state index in [0.717, 1.165) is 68.8 Å². The van der Waals surface area contributed by atoms with Crippen LogP contribution in [0.3, 0.4) is 0 Å². The number of rotatable bonds is 6. The maximum Gasteiger partial charge on any atom is 0.217 e. The topological polar surface area (TPSA) is 86.4 Å². The smallest absolute Gasteiger partial charge is 0.217 e. The molecule has 2 atom stereocenters. The van der Waals surface area contributed by atoms with Crippen LogP contribution in [0.2, 0.25) is 0 Å². The highest BCUT2D eigenvalue weighted by Gasteiger charge is 2.51. The minimum atomic E-state index is -3.13. The number of pyridine rings is 1. The minimum absolute atomic E-state index is 0.112. The number of carbonyl (C=O) groups excluding carboxylic acids is 1. The maximum atomic E-state index is 13.0. The molecule has 2 bridgehead atoms. The van der Waals surface area contributed by atoms with Crippen molar-refractivity contribution in [2.45, 2.75) is 80.7 Å². The zero-order valence-electron chi connectivity index (χ0n) is 16.3. The number of aromatic nitrogens is 2. The Kier molecular flexibility index (Phi) is 3.88. The fraction of sp³-hybridized carbons (Fsp3) is 0.619.